The minimum Gasteiger partial charge on any atom is -0.115 e. The highest BCUT2D eigenvalue weighted by Crippen LogP contribution is 2.17. The molecule has 0 heterocycles. The monoisotopic (exact) mass is 178 g/mol. The molecule has 0 amide bonds. The lowest BCUT2D eigenvalue weighted by Crippen LogP contribution is -1.85. The maximum Gasteiger partial charge on any atom is 0.0471 e. The van der Waals surface area contributed by atoms with Crippen molar-refractivity contribution in [1.29, 1.82) is 0 Å². The molecule has 0 aliphatic rings. The summed E-state index contributed by atoms with van der Waals surface area (Å²) in [6, 6.07) is 9.63. The standard InChI is InChI=1S/C14H10/c1-4-12(5-2)14(6-3)13-10-8-7-9-11-13/h1,3,5,7-11H,2H2. The average molecular weight is 178 g/mol. The molecule has 0 aromatic heterocycles. The Bertz CT molecular complexity index is 433. The van der Waals surface area contributed by atoms with Crippen molar-refractivity contribution < 1.29 is 0 Å². The number of hydrogen-bond acceptors (Lipinski definition) is 0. The molecule has 66 valence electrons. The Kier molecular flexibility index (Phi) is 3.36. The van der Waals surface area contributed by atoms with E-state index in [9.17, 15) is 0 Å². The third-order valence-electron chi connectivity index (χ3n) is 1.84. The summed E-state index contributed by atoms with van der Waals surface area (Å²) >= 11 is 0. The van der Waals surface area contributed by atoms with Crippen molar-refractivity contribution >= 4 is 5.57 Å². The van der Waals surface area contributed by atoms with Crippen LogP contribution in [0.25, 0.3) is 5.57 Å². The van der Waals surface area contributed by atoms with Crippen LogP contribution in [0.2, 0.25) is 0 Å². The van der Waals surface area contributed by atoms with Crippen LogP contribution in [0.15, 0.2) is 48.6 Å². The van der Waals surface area contributed by atoms with E-state index in [1.54, 1.807) is 6.08 Å². The van der Waals surface area contributed by atoms with Crippen LogP contribution in [-0.4, -0.2) is 0 Å². The van der Waals surface area contributed by atoms with Crippen LogP contribution in [0.1, 0.15) is 5.56 Å². The van der Waals surface area contributed by atoms with Crippen molar-refractivity contribution in [3.05, 3.63) is 54.1 Å². The third kappa shape index (κ3) is 1.94. The van der Waals surface area contributed by atoms with Crippen molar-refractivity contribution in [2.45, 2.75) is 0 Å². The van der Waals surface area contributed by atoms with E-state index in [4.69, 9.17) is 12.8 Å². The molecular weight excluding hydrogens is 168 g/mol. The Morgan fingerprint density at radius 3 is 2.21 bits per heavy atom. The molecule has 1 rings (SSSR count). The molecule has 1 aromatic carbocycles. The zero-order valence-electron chi connectivity index (χ0n) is 7.83. The first-order valence-corrected chi connectivity index (χ1v) is 4.18. The Balaban J connectivity index is 3.34. The van der Waals surface area contributed by atoms with E-state index in [-0.39, 0.29) is 0 Å². The highest BCUT2D eigenvalue weighted by molar-refractivity contribution is 5.84. The minimum absolute atomic E-state index is 0.652. The van der Waals surface area contributed by atoms with E-state index in [0.717, 1.165) is 5.56 Å². The van der Waals surface area contributed by atoms with Gasteiger partial charge in [0, 0.05) is 11.1 Å². The summed E-state index contributed by atoms with van der Waals surface area (Å²) in [5, 5.41) is 0. The van der Waals surface area contributed by atoms with Crippen LogP contribution in [0, 0.1) is 24.7 Å². The lowest BCUT2D eigenvalue weighted by Gasteiger charge is -2.01. The van der Waals surface area contributed by atoms with Crippen LogP contribution < -0.4 is 0 Å². The van der Waals surface area contributed by atoms with Crippen molar-refractivity contribution in [3.8, 4) is 24.7 Å². The third-order valence-corrected chi connectivity index (χ3v) is 1.84. The first kappa shape index (κ1) is 9.90. The predicted octanol–water partition coefficient (Wildman–Crippen LogP) is 2.89. The van der Waals surface area contributed by atoms with Crippen molar-refractivity contribution in [1.82, 2.24) is 0 Å². The van der Waals surface area contributed by atoms with Gasteiger partial charge < -0.3 is 0 Å². The van der Waals surface area contributed by atoms with E-state index in [1.165, 1.54) is 0 Å². The molecule has 0 fully saturated rings. The highest BCUT2D eigenvalue weighted by Gasteiger charge is 2.00. The summed E-state index contributed by atoms with van der Waals surface area (Å²) in [5.41, 5.74) is 2.31. The van der Waals surface area contributed by atoms with E-state index in [0.29, 0.717) is 11.1 Å². The van der Waals surface area contributed by atoms with E-state index >= 15 is 0 Å². The number of hydrogen-bond donors (Lipinski definition) is 0. The van der Waals surface area contributed by atoms with Gasteiger partial charge in [-0.05, 0) is 5.56 Å². The number of rotatable bonds is 2. The molecule has 0 aliphatic heterocycles. The van der Waals surface area contributed by atoms with Gasteiger partial charge in [-0.15, -0.1) is 12.8 Å². The van der Waals surface area contributed by atoms with Crippen LogP contribution in [0.3, 0.4) is 0 Å². The minimum atomic E-state index is 0.652. The smallest absolute Gasteiger partial charge is 0.0471 e. The average Bonchev–Trinajstić information content (AvgIpc) is 2.27. The molecule has 0 radical (unpaired) electrons. The first-order valence-electron chi connectivity index (χ1n) is 4.18. The van der Waals surface area contributed by atoms with E-state index < -0.39 is 0 Å². The fraction of sp³-hybridized carbons (Fsp3) is 0. The fourth-order valence-corrected chi connectivity index (χ4v) is 1.15. The van der Waals surface area contributed by atoms with Gasteiger partial charge in [0.05, 0.1) is 0 Å². The topological polar surface area (TPSA) is 0 Å². The lowest BCUT2D eigenvalue weighted by atomic mass is 10.0. The second-order valence-corrected chi connectivity index (χ2v) is 2.65. The molecule has 0 bridgehead atoms. The Labute approximate surface area is 85.0 Å². The summed E-state index contributed by atoms with van der Waals surface area (Å²) in [7, 11) is 0. The highest BCUT2D eigenvalue weighted by atomic mass is 14.0. The van der Waals surface area contributed by atoms with Gasteiger partial charge in [0.15, 0.2) is 0 Å². The molecule has 0 heteroatoms. The number of terminal acetylenes is 2. The second kappa shape index (κ2) is 4.75. The fourth-order valence-electron chi connectivity index (χ4n) is 1.15. The molecule has 0 spiro atoms. The number of allylic oxidation sites excluding steroid dienone is 3. The maximum atomic E-state index is 5.41. The second-order valence-electron chi connectivity index (χ2n) is 2.65. The maximum absolute atomic E-state index is 5.41. The molecule has 1 aromatic rings. The van der Waals surface area contributed by atoms with Gasteiger partial charge in [0.1, 0.15) is 0 Å². The lowest BCUT2D eigenvalue weighted by molar-refractivity contribution is 1.62. The SMILES string of the molecule is C#CC(C=C)=C(C#C)c1ccccc1. The molecule has 0 atom stereocenters. The quantitative estimate of drug-likeness (QED) is 0.482. The molecular formula is C14H10. The number of benzene rings is 1. The van der Waals surface area contributed by atoms with Crippen molar-refractivity contribution in [2.24, 2.45) is 0 Å². The van der Waals surface area contributed by atoms with Crippen LogP contribution in [0.4, 0.5) is 0 Å². The van der Waals surface area contributed by atoms with Crippen LogP contribution >= 0.6 is 0 Å². The largest absolute Gasteiger partial charge is 0.115 e. The molecule has 14 heavy (non-hydrogen) atoms. The molecule has 0 saturated carbocycles. The van der Waals surface area contributed by atoms with Gasteiger partial charge in [-0.1, -0.05) is 54.8 Å². The van der Waals surface area contributed by atoms with Crippen molar-refractivity contribution in [2.75, 3.05) is 0 Å². The predicted molar refractivity (Wildman–Crippen MR) is 61.2 cm³/mol. The zero-order valence-corrected chi connectivity index (χ0v) is 7.83. The summed E-state index contributed by atoms with van der Waals surface area (Å²) in [6.07, 6.45) is 12.3. The molecule has 0 nitrogen and oxygen atoms in total. The molecule has 0 saturated heterocycles. The van der Waals surface area contributed by atoms with Gasteiger partial charge in [-0.3, -0.25) is 0 Å². The van der Waals surface area contributed by atoms with Gasteiger partial charge in [-0.25, -0.2) is 0 Å². The van der Waals surface area contributed by atoms with Gasteiger partial charge in [0.2, 0.25) is 0 Å². The van der Waals surface area contributed by atoms with Gasteiger partial charge in [-0.2, -0.15) is 0 Å². The molecule has 0 aliphatic carbocycles. The Morgan fingerprint density at radius 1 is 1.14 bits per heavy atom. The van der Waals surface area contributed by atoms with Gasteiger partial charge in [0.25, 0.3) is 0 Å². The van der Waals surface area contributed by atoms with Crippen LogP contribution in [0.5, 0.6) is 0 Å². The summed E-state index contributed by atoms with van der Waals surface area (Å²) in [4.78, 5) is 0. The normalized spacial score (nSPS) is 10.7. The summed E-state index contributed by atoms with van der Waals surface area (Å²) in [6.45, 7) is 3.63. The molecule has 0 unspecified atom stereocenters. The van der Waals surface area contributed by atoms with E-state index in [2.05, 4.69) is 18.4 Å². The van der Waals surface area contributed by atoms with Crippen molar-refractivity contribution in [3.63, 3.8) is 0 Å². The Hall–Kier alpha value is -2.18. The Morgan fingerprint density at radius 2 is 1.79 bits per heavy atom. The summed E-state index contributed by atoms with van der Waals surface area (Å²) < 4.78 is 0. The van der Waals surface area contributed by atoms with Gasteiger partial charge >= 0.3 is 0 Å². The van der Waals surface area contributed by atoms with E-state index in [1.807, 2.05) is 30.3 Å². The molecule has 0 N–H and O–H groups in total. The zero-order chi connectivity index (χ0) is 10.4. The summed E-state index contributed by atoms with van der Waals surface area (Å²) in [5.74, 6) is 5.11. The first-order chi connectivity index (χ1) is 6.83. The van der Waals surface area contributed by atoms with Crippen LogP contribution in [-0.2, 0) is 0 Å².